The van der Waals surface area contributed by atoms with Crippen molar-refractivity contribution in [1.82, 2.24) is 0 Å². The van der Waals surface area contributed by atoms with Gasteiger partial charge in [-0.3, -0.25) is 4.79 Å². The van der Waals surface area contributed by atoms with Crippen LogP contribution in [0.2, 0.25) is 0 Å². The average Bonchev–Trinajstić information content (AvgIpc) is 3.06. The molecule has 0 aromatic heterocycles. The zero-order valence-electron chi connectivity index (χ0n) is 12.5. The molecule has 1 amide bonds. The van der Waals surface area contributed by atoms with Crippen molar-refractivity contribution in [2.75, 3.05) is 12.4 Å². The summed E-state index contributed by atoms with van der Waals surface area (Å²) < 4.78 is 18.1. The van der Waals surface area contributed by atoms with Gasteiger partial charge in [0.1, 0.15) is 11.6 Å². The van der Waals surface area contributed by atoms with Crippen LogP contribution in [0.5, 0.6) is 5.75 Å². The SMILES string of the molecule is COc1ccccc1NC(=O)[C@H]1CC(c2ccc(F)cc2)=NO1. The van der Waals surface area contributed by atoms with Gasteiger partial charge in [-0.2, -0.15) is 0 Å². The highest BCUT2D eigenvalue weighted by molar-refractivity contribution is 6.06. The minimum Gasteiger partial charge on any atom is -0.495 e. The smallest absolute Gasteiger partial charge is 0.268 e. The molecule has 1 aliphatic heterocycles. The van der Waals surface area contributed by atoms with Crippen LogP contribution in [0.3, 0.4) is 0 Å². The monoisotopic (exact) mass is 314 g/mol. The molecule has 0 unspecified atom stereocenters. The third kappa shape index (κ3) is 3.31. The number of para-hydroxylation sites is 2. The first-order valence-corrected chi connectivity index (χ1v) is 7.10. The van der Waals surface area contributed by atoms with E-state index in [1.807, 2.05) is 6.07 Å². The summed E-state index contributed by atoms with van der Waals surface area (Å²) in [6.45, 7) is 0. The second-order valence-corrected chi connectivity index (χ2v) is 5.03. The minimum atomic E-state index is -0.722. The molecule has 3 rings (SSSR count). The lowest BCUT2D eigenvalue weighted by Gasteiger charge is -2.12. The largest absolute Gasteiger partial charge is 0.495 e. The zero-order valence-corrected chi connectivity index (χ0v) is 12.5. The molecule has 6 heteroatoms. The summed E-state index contributed by atoms with van der Waals surface area (Å²) in [5, 5.41) is 6.69. The maximum atomic E-state index is 12.9. The lowest BCUT2D eigenvalue weighted by Crippen LogP contribution is -2.28. The van der Waals surface area contributed by atoms with E-state index in [0.29, 0.717) is 23.6 Å². The summed E-state index contributed by atoms with van der Waals surface area (Å²) in [6.07, 6.45) is -0.396. The number of rotatable bonds is 4. The quantitative estimate of drug-likeness (QED) is 0.944. The summed E-state index contributed by atoms with van der Waals surface area (Å²) in [5.41, 5.74) is 1.92. The standard InChI is InChI=1S/C17H15FN2O3/c1-22-15-5-3-2-4-13(15)19-17(21)16-10-14(20-23-16)11-6-8-12(18)9-7-11/h2-9,16H,10H2,1H3,(H,19,21)/t16-/m1/s1. The van der Waals surface area contributed by atoms with E-state index in [2.05, 4.69) is 10.5 Å². The van der Waals surface area contributed by atoms with E-state index in [9.17, 15) is 9.18 Å². The van der Waals surface area contributed by atoms with E-state index in [0.717, 1.165) is 5.56 Å². The number of oxime groups is 1. The number of benzene rings is 2. The molecule has 118 valence electrons. The Balaban J connectivity index is 1.65. The van der Waals surface area contributed by atoms with Crippen LogP contribution in [0.4, 0.5) is 10.1 Å². The van der Waals surface area contributed by atoms with Crippen LogP contribution in [0.1, 0.15) is 12.0 Å². The van der Waals surface area contributed by atoms with Crippen LogP contribution < -0.4 is 10.1 Å². The number of anilines is 1. The molecule has 0 saturated heterocycles. The Bertz CT molecular complexity index is 744. The first-order valence-electron chi connectivity index (χ1n) is 7.10. The number of methoxy groups -OCH3 is 1. The molecule has 0 spiro atoms. The van der Waals surface area contributed by atoms with Crippen LogP contribution in [0, 0.1) is 5.82 Å². The normalized spacial score (nSPS) is 16.4. The molecule has 1 atom stereocenters. The first kappa shape index (κ1) is 15.0. The van der Waals surface area contributed by atoms with E-state index in [1.54, 1.807) is 30.3 Å². The number of carbonyl (C=O) groups is 1. The van der Waals surface area contributed by atoms with Gasteiger partial charge in [-0.25, -0.2) is 4.39 Å². The van der Waals surface area contributed by atoms with Crippen LogP contribution in [0.15, 0.2) is 53.7 Å². The van der Waals surface area contributed by atoms with Gasteiger partial charge in [0.25, 0.3) is 5.91 Å². The van der Waals surface area contributed by atoms with Crippen molar-refractivity contribution >= 4 is 17.3 Å². The lowest BCUT2D eigenvalue weighted by atomic mass is 10.0. The van der Waals surface area contributed by atoms with Gasteiger partial charge < -0.3 is 14.9 Å². The van der Waals surface area contributed by atoms with Crippen molar-refractivity contribution < 1.29 is 18.8 Å². The van der Waals surface area contributed by atoms with E-state index < -0.39 is 6.10 Å². The van der Waals surface area contributed by atoms with E-state index in [1.165, 1.54) is 19.2 Å². The predicted octanol–water partition coefficient (Wildman–Crippen LogP) is 2.97. The molecule has 2 aromatic rings. The topological polar surface area (TPSA) is 59.9 Å². The van der Waals surface area contributed by atoms with E-state index >= 15 is 0 Å². The van der Waals surface area contributed by atoms with Gasteiger partial charge in [0.05, 0.1) is 18.5 Å². The number of hydrogen-bond donors (Lipinski definition) is 1. The number of hydrogen-bond acceptors (Lipinski definition) is 4. The Morgan fingerprint density at radius 3 is 2.74 bits per heavy atom. The maximum Gasteiger partial charge on any atom is 0.268 e. The predicted molar refractivity (Wildman–Crippen MR) is 84.1 cm³/mol. The van der Waals surface area contributed by atoms with Gasteiger partial charge in [-0.15, -0.1) is 0 Å². The molecule has 0 aliphatic carbocycles. The molecular formula is C17H15FN2O3. The van der Waals surface area contributed by atoms with Gasteiger partial charge in [-0.1, -0.05) is 29.4 Å². The third-order valence-corrected chi connectivity index (χ3v) is 3.50. The average molecular weight is 314 g/mol. The molecule has 0 fully saturated rings. The van der Waals surface area contributed by atoms with Crippen molar-refractivity contribution in [3.63, 3.8) is 0 Å². The molecule has 0 radical (unpaired) electrons. The molecule has 1 N–H and O–H groups in total. The molecule has 1 heterocycles. The van der Waals surface area contributed by atoms with Gasteiger partial charge >= 0.3 is 0 Å². The van der Waals surface area contributed by atoms with Crippen molar-refractivity contribution in [3.05, 3.63) is 59.9 Å². The van der Waals surface area contributed by atoms with E-state index in [-0.39, 0.29) is 11.7 Å². The second-order valence-electron chi connectivity index (χ2n) is 5.03. The number of ether oxygens (including phenoxy) is 1. The fourth-order valence-electron chi connectivity index (χ4n) is 2.29. The molecule has 5 nitrogen and oxygen atoms in total. The fourth-order valence-corrected chi connectivity index (χ4v) is 2.29. The number of nitrogens with one attached hydrogen (secondary N) is 1. The van der Waals surface area contributed by atoms with Crippen LogP contribution in [-0.2, 0) is 9.63 Å². The molecule has 2 aromatic carbocycles. The second kappa shape index (κ2) is 6.48. The number of halogens is 1. The van der Waals surface area contributed by atoms with Crippen molar-refractivity contribution in [2.45, 2.75) is 12.5 Å². The third-order valence-electron chi connectivity index (χ3n) is 3.50. The van der Waals surface area contributed by atoms with Gasteiger partial charge in [0.15, 0.2) is 0 Å². The van der Waals surface area contributed by atoms with Crippen molar-refractivity contribution in [2.24, 2.45) is 5.16 Å². The Labute approximate surface area is 132 Å². The van der Waals surface area contributed by atoms with Gasteiger partial charge in [0, 0.05) is 6.42 Å². The Kier molecular flexibility index (Phi) is 4.23. The number of amides is 1. The lowest BCUT2D eigenvalue weighted by molar-refractivity contribution is -0.125. The molecule has 0 bridgehead atoms. The van der Waals surface area contributed by atoms with Crippen LogP contribution in [0.25, 0.3) is 0 Å². The summed E-state index contributed by atoms with van der Waals surface area (Å²) in [7, 11) is 1.53. The molecular weight excluding hydrogens is 299 g/mol. The summed E-state index contributed by atoms with van der Waals surface area (Å²) in [6, 6.07) is 13.0. The van der Waals surface area contributed by atoms with Crippen LogP contribution >= 0.6 is 0 Å². The highest BCUT2D eigenvalue weighted by Crippen LogP contribution is 2.25. The van der Waals surface area contributed by atoms with Gasteiger partial charge in [-0.05, 0) is 29.8 Å². The number of nitrogens with zero attached hydrogens (tertiary/aromatic N) is 1. The Morgan fingerprint density at radius 1 is 1.26 bits per heavy atom. The maximum absolute atomic E-state index is 12.9. The van der Waals surface area contributed by atoms with Gasteiger partial charge in [0.2, 0.25) is 6.10 Å². The first-order chi connectivity index (χ1) is 11.2. The molecule has 0 saturated carbocycles. The number of carbonyl (C=O) groups excluding carboxylic acids is 1. The van der Waals surface area contributed by atoms with Crippen molar-refractivity contribution in [1.29, 1.82) is 0 Å². The zero-order chi connectivity index (χ0) is 16.2. The van der Waals surface area contributed by atoms with Crippen LogP contribution in [-0.4, -0.2) is 24.8 Å². The Morgan fingerprint density at radius 2 is 2.00 bits per heavy atom. The summed E-state index contributed by atoms with van der Waals surface area (Å²) >= 11 is 0. The summed E-state index contributed by atoms with van der Waals surface area (Å²) in [4.78, 5) is 17.5. The Hall–Kier alpha value is -2.89. The van der Waals surface area contributed by atoms with E-state index in [4.69, 9.17) is 9.57 Å². The minimum absolute atomic E-state index is 0.310. The highest BCUT2D eigenvalue weighted by atomic mass is 19.1. The fraction of sp³-hybridized carbons (Fsp3) is 0.176. The molecule has 23 heavy (non-hydrogen) atoms. The highest BCUT2D eigenvalue weighted by Gasteiger charge is 2.29. The molecule has 1 aliphatic rings. The van der Waals surface area contributed by atoms with Crippen molar-refractivity contribution in [3.8, 4) is 5.75 Å². The summed E-state index contributed by atoms with van der Waals surface area (Å²) in [5.74, 6) is -0.0624.